The fourth-order valence-electron chi connectivity index (χ4n) is 3.26. The first kappa shape index (κ1) is 16.8. The highest BCUT2D eigenvalue weighted by atomic mass is 16.5. The van der Waals surface area contributed by atoms with Gasteiger partial charge in [-0.15, -0.1) is 0 Å². The van der Waals surface area contributed by atoms with Crippen LogP contribution in [0.2, 0.25) is 0 Å². The second-order valence-corrected chi connectivity index (χ2v) is 6.00. The van der Waals surface area contributed by atoms with Gasteiger partial charge in [-0.3, -0.25) is 4.79 Å². The number of phenolic OH excluding ortho intramolecular Hbond substituents is 1. The van der Waals surface area contributed by atoms with Gasteiger partial charge in [-0.25, -0.2) is 0 Å². The lowest BCUT2D eigenvalue weighted by molar-refractivity contribution is -0.143. The molecule has 0 atom stereocenters. The predicted molar refractivity (Wildman–Crippen MR) is 85.1 cm³/mol. The fourth-order valence-corrected chi connectivity index (χ4v) is 3.26. The number of aryl methyl sites for hydroxylation is 1. The molecule has 1 fully saturated rings. The van der Waals surface area contributed by atoms with Gasteiger partial charge in [-0.1, -0.05) is 38.3 Å². The maximum Gasteiger partial charge on any atom is 0.310 e. The molecule has 0 aromatic heterocycles. The molecular formula is C18H26O4. The Labute approximate surface area is 132 Å². The molecule has 1 aromatic rings. The van der Waals surface area contributed by atoms with Crippen molar-refractivity contribution in [1.82, 2.24) is 0 Å². The van der Waals surface area contributed by atoms with Crippen LogP contribution in [0.4, 0.5) is 0 Å². The van der Waals surface area contributed by atoms with Gasteiger partial charge in [0.2, 0.25) is 0 Å². The normalized spacial score (nSPS) is 15.7. The van der Waals surface area contributed by atoms with Crippen molar-refractivity contribution in [3.8, 4) is 5.75 Å². The van der Waals surface area contributed by atoms with E-state index in [1.54, 1.807) is 0 Å². The Bertz CT molecular complexity index is 504. The maximum atomic E-state index is 11.7. The summed E-state index contributed by atoms with van der Waals surface area (Å²) in [5.41, 5.74) is 2.77. The zero-order valence-electron chi connectivity index (χ0n) is 13.3. The topological polar surface area (TPSA) is 66.8 Å². The van der Waals surface area contributed by atoms with Crippen LogP contribution in [0.5, 0.6) is 5.75 Å². The van der Waals surface area contributed by atoms with Crippen molar-refractivity contribution in [1.29, 1.82) is 0 Å². The molecule has 0 spiro atoms. The number of rotatable bonds is 6. The molecule has 22 heavy (non-hydrogen) atoms. The summed E-state index contributed by atoms with van der Waals surface area (Å²) in [7, 11) is 0. The minimum absolute atomic E-state index is 0.0348. The summed E-state index contributed by atoms with van der Waals surface area (Å²) >= 11 is 0. The number of ether oxygens (including phenoxy) is 1. The highest BCUT2D eigenvalue weighted by molar-refractivity contribution is 5.73. The van der Waals surface area contributed by atoms with Gasteiger partial charge in [0.05, 0.1) is 13.0 Å². The Morgan fingerprint density at radius 2 is 2.00 bits per heavy atom. The lowest BCUT2D eigenvalue weighted by Crippen LogP contribution is -2.12. The van der Waals surface area contributed by atoms with Crippen LogP contribution in [-0.4, -0.2) is 29.4 Å². The first-order chi connectivity index (χ1) is 10.7. The number of hydrogen-bond donors (Lipinski definition) is 2. The summed E-state index contributed by atoms with van der Waals surface area (Å²) in [6.07, 6.45) is 6.82. The van der Waals surface area contributed by atoms with Crippen LogP contribution in [0, 0.1) is 0 Å². The highest BCUT2D eigenvalue weighted by Crippen LogP contribution is 2.39. The third-order valence-corrected chi connectivity index (χ3v) is 4.41. The maximum absolute atomic E-state index is 11.7. The molecule has 122 valence electrons. The molecule has 0 radical (unpaired) electrons. The van der Waals surface area contributed by atoms with Crippen LogP contribution >= 0.6 is 0 Å². The van der Waals surface area contributed by atoms with E-state index in [9.17, 15) is 9.90 Å². The first-order valence-electron chi connectivity index (χ1n) is 8.26. The van der Waals surface area contributed by atoms with Crippen LogP contribution in [0.3, 0.4) is 0 Å². The molecular weight excluding hydrogens is 280 g/mol. The van der Waals surface area contributed by atoms with Crippen molar-refractivity contribution < 1.29 is 19.7 Å². The average Bonchev–Trinajstić information content (AvgIpc) is 2.55. The van der Waals surface area contributed by atoms with E-state index >= 15 is 0 Å². The van der Waals surface area contributed by atoms with Crippen molar-refractivity contribution in [2.45, 2.75) is 57.8 Å². The zero-order chi connectivity index (χ0) is 15.9. The van der Waals surface area contributed by atoms with E-state index in [-0.39, 0.29) is 25.6 Å². The molecule has 1 aliphatic carbocycles. The molecule has 1 aromatic carbocycles. The number of carbonyl (C=O) groups is 1. The highest BCUT2D eigenvalue weighted by Gasteiger charge is 2.21. The number of benzene rings is 1. The second-order valence-electron chi connectivity index (χ2n) is 6.00. The van der Waals surface area contributed by atoms with Gasteiger partial charge in [-0.05, 0) is 41.9 Å². The third-order valence-electron chi connectivity index (χ3n) is 4.41. The Balaban J connectivity index is 2.21. The van der Waals surface area contributed by atoms with E-state index in [0.717, 1.165) is 36.0 Å². The molecule has 0 amide bonds. The van der Waals surface area contributed by atoms with E-state index in [0.29, 0.717) is 11.7 Å². The molecule has 0 bridgehead atoms. The number of aliphatic hydroxyl groups is 1. The summed E-state index contributed by atoms with van der Waals surface area (Å²) in [5.74, 6) is 0.464. The number of hydrogen-bond acceptors (Lipinski definition) is 4. The van der Waals surface area contributed by atoms with Gasteiger partial charge in [0.25, 0.3) is 0 Å². The Morgan fingerprint density at radius 3 is 2.64 bits per heavy atom. The summed E-state index contributed by atoms with van der Waals surface area (Å²) in [6, 6.07) is 3.85. The summed E-state index contributed by atoms with van der Waals surface area (Å²) in [6.45, 7) is 1.88. The first-order valence-corrected chi connectivity index (χ1v) is 8.26. The van der Waals surface area contributed by atoms with Gasteiger partial charge in [0.15, 0.2) is 0 Å². The standard InChI is InChI=1S/C18H26O4/c1-2-14-10-13(12-17(20)22-9-8-19)11-16(18(14)21)15-6-4-3-5-7-15/h10-11,15,19,21H,2-9,12H2,1H3. The van der Waals surface area contributed by atoms with Crippen molar-refractivity contribution in [2.24, 2.45) is 0 Å². The molecule has 4 heteroatoms. The third kappa shape index (κ3) is 4.23. The smallest absolute Gasteiger partial charge is 0.310 e. The summed E-state index contributed by atoms with van der Waals surface area (Å²) in [5, 5.41) is 19.2. The molecule has 1 saturated carbocycles. The van der Waals surface area contributed by atoms with Gasteiger partial charge in [-0.2, -0.15) is 0 Å². The van der Waals surface area contributed by atoms with Gasteiger partial charge in [0.1, 0.15) is 12.4 Å². The molecule has 2 N–H and O–H groups in total. The molecule has 2 rings (SSSR count). The van der Waals surface area contributed by atoms with Crippen LogP contribution in [-0.2, 0) is 22.4 Å². The van der Waals surface area contributed by atoms with Crippen LogP contribution in [0.25, 0.3) is 0 Å². The van der Waals surface area contributed by atoms with Crippen molar-refractivity contribution in [2.75, 3.05) is 13.2 Å². The van der Waals surface area contributed by atoms with Crippen LogP contribution in [0.1, 0.15) is 61.6 Å². The lowest BCUT2D eigenvalue weighted by Gasteiger charge is -2.24. The summed E-state index contributed by atoms with van der Waals surface area (Å²) < 4.78 is 4.93. The van der Waals surface area contributed by atoms with Crippen molar-refractivity contribution in [3.63, 3.8) is 0 Å². The molecule has 0 saturated heterocycles. The largest absolute Gasteiger partial charge is 0.507 e. The Morgan fingerprint density at radius 1 is 1.27 bits per heavy atom. The molecule has 0 heterocycles. The number of esters is 1. The lowest BCUT2D eigenvalue weighted by atomic mass is 9.82. The van der Waals surface area contributed by atoms with Crippen LogP contribution < -0.4 is 0 Å². The number of phenols is 1. The SMILES string of the molecule is CCc1cc(CC(=O)OCCO)cc(C2CCCCC2)c1O. The molecule has 0 aliphatic heterocycles. The minimum atomic E-state index is -0.337. The Kier molecular flexibility index (Phi) is 6.25. The average molecular weight is 306 g/mol. The quantitative estimate of drug-likeness (QED) is 0.793. The molecule has 1 aliphatic rings. The van der Waals surface area contributed by atoms with Gasteiger partial charge < -0.3 is 14.9 Å². The monoisotopic (exact) mass is 306 g/mol. The summed E-state index contributed by atoms with van der Waals surface area (Å²) in [4.78, 5) is 11.7. The Hall–Kier alpha value is -1.55. The van der Waals surface area contributed by atoms with E-state index in [1.807, 2.05) is 19.1 Å². The number of aromatic hydroxyl groups is 1. The van der Waals surface area contributed by atoms with Crippen LogP contribution in [0.15, 0.2) is 12.1 Å². The van der Waals surface area contributed by atoms with Crippen molar-refractivity contribution >= 4 is 5.97 Å². The molecule has 4 nitrogen and oxygen atoms in total. The number of carbonyl (C=O) groups excluding carboxylic acids is 1. The van der Waals surface area contributed by atoms with E-state index in [2.05, 4.69) is 0 Å². The van der Waals surface area contributed by atoms with E-state index in [4.69, 9.17) is 9.84 Å². The van der Waals surface area contributed by atoms with Gasteiger partial charge >= 0.3 is 5.97 Å². The fraction of sp³-hybridized carbons (Fsp3) is 0.611. The molecule has 0 unspecified atom stereocenters. The minimum Gasteiger partial charge on any atom is -0.507 e. The van der Waals surface area contributed by atoms with Gasteiger partial charge in [0, 0.05) is 0 Å². The predicted octanol–water partition coefficient (Wildman–Crippen LogP) is 3.08. The second kappa shape index (κ2) is 8.18. The number of aliphatic hydroxyl groups excluding tert-OH is 1. The van der Waals surface area contributed by atoms with E-state index < -0.39 is 0 Å². The van der Waals surface area contributed by atoms with Crippen molar-refractivity contribution in [3.05, 3.63) is 28.8 Å². The van der Waals surface area contributed by atoms with E-state index in [1.165, 1.54) is 19.3 Å². The zero-order valence-corrected chi connectivity index (χ0v) is 13.3.